The van der Waals surface area contributed by atoms with Gasteiger partial charge < -0.3 is 9.47 Å². The number of ether oxygens (including phenoxy) is 2. The fourth-order valence-corrected chi connectivity index (χ4v) is 2.61. The minimum Gasteiger partial charge on any atom is -0.493 e. The molecule has 0 unspecified atom stereocenters. The van der Waals surface area contributed by atoms with Crippen molar-refractivity contribution in [1.82, 2.24) is 4.98 Å². The van der Waals surface area contributed by atoms with Gasteiger partial charge in [0.1, 0.15) is 5.75 Å². The van der Waals surface area contributed by atoms with Crippen molar-refractivity contribution in [1.29, 1.82) is 0 Å². The number of benzene rings is 2. The van der Waals surface area contributed by atoms with Crippen LogP contribution >= 0.6 is 0 Å². The molecule has 0 saturated carbocycles. The Morgan fingerprint density at radius 2 is 1.88 bits per heavy atom. The van der Waals surface area contributed by atoms with Gasteiger partial charge in [0.05, 0.1) is 30.5 Å². The standard InChI is InChI=1S/C21H21NO3/c1-14(2)13-25-16-8-6-7-15(11-16)20-12-18(21(23)24-3)17-9-4-5-10-19(17)22-20/h4-12,14H,13H2,1-3H3. The number of carbonyl (C=O) groups excluding carboxylic acids is 1. The van der Waals surface area contributed by atoms with Crippen LogP contribution in [0.5, 0.6) is 5.75 Å². The Morgan fingerprint density at radius 1 is 1.08 bits per heavy atom. The number of pyridine rings is 1. The molecule has 0 atom stereocenters. The maximum absolute atomic E-state index is 12.2. The van der Waals surface area contributed by atoms with Crippen LogP contribution in [0.4, 0.5) is 0 Å². The highest BCUT2D eigenvalue weighted by molar-refractivity contribution is 6.04. The van der Waals surface area contributed by atoms with Crippen molar-refractivity contribution in [2.24, 2.45) is 5.92 Å². The van der Waals surface area contributed by atoms with E-state index in [1.165, 1.54) is 7.11 Å². The summed E-state index contributed by atoms with van der Waals surface area (Å²) in [6.07, 6.45) is 0. The largest absolute Gasteiger partial charge is 0.493 e. The molecule has 3 aromatic rings. The second-order valence-corrected chi connectivity index (χ2v) is 6.30. The zero-order valence-corrected chi connectivity index (χ0v) is 14.7. The Kier molecular flexibility index (Phi) is 4.98. The molecule has 1 aromatic heterocycles. The van der Waals surface area contributed by atoms with Gasteiger partial charge in [-0.2, -0.15) is 0 Å². The number of rotatable bonds is 5. The summed E-state index contributed by atoms with van der Waals surface area (Å²) in [6, 6.07) is 17.1. The molecule has 0 saturated heterocycles. The fourth-order valence-electron chi connectivity index (χ4n) is 2.61. The Balaban J connectivity index is 2.07. The fraction of sp³-hybridized carbons (Fsp3) is 0.238. The van der Waals surface area contributed by atoms with E-state index < -0.39 is 0 Å². The van der Waals surface area contributed by atoms with Gasteiger partial charge in [-0.1, -0.05) is 44.2 Å². The number of para-hydroxylation sites is 1. The normalized spacial score (nSPS) is 10.9. The maximum atomic E-state index is 12.2. The highest BCUT2D eigenvalue weighted by Crippen LogP contribution is 2.27. The summed E-state index contributed by atoms with van der Waals surface area (Å²) in [5, 5.41) is 0.783. The van der Waals surface area contributed by atoms with Gasteiger partial charge in [0.25, 0.3) is 0 Å². The van der Waals surface area contributed by atoms with Crippen molar-refractivity contribution in [2.75, 3.05) is 13.7 Å². The Bertz CT molecular complexity index is 903. The van der Waals surface area contributed by atoms with Crippen molar-refractivity contribution in [3.05, 3.63) is 60.2 Å². The SMILES string of the molecule is COC(=O)c1cc(-c2cccc(OCC(C)C)c2)nc2ccccc12. The summed E-state index contributed by atoms with van der Waals surface area (Å²) in [4.78, 5) is 16.9. The molecule has 128 valence electrons. The average Bonchev–Trinajstić information content (AvgIpc) is 2.65. The van der Waals surface area contributed by atoms with E-state index in [0.29, 0.717) is 23.8 Å². The van der Waals surface area contributed by atoms with Gasteiger partial charge in [-0.15, -0.1) is 0 Å². The minimum atomic E-state index is -0.368. The number of hydrogen-bond acceptors (Lipinski definition) is 4. The van der Waals surface area contributed by atoms with Crippen molar-refractivity contribution in [3.63, 3.8) is 0 Å². The third kappa shape index (κ3) is 3.79. The van der Waals surface area contributed by atoms with Gasteiger partial charge in [-0.25, -0.2) is 9.78 Å². The quantitative estimate of drug-likeness (QED) is 0.633. The van der Waals surface area contributed by atoms with Crippen LogP contribution in [-0.2, 0) is 4.74 Å². The Labute approximate surface area is 147 Å². The summed E-state index contributed by atoms with van der Waals surface area (Å²) in [5.41, 5.74) is 2.89. The molecule has 0 bridgehead atoms. The average molecular weight is 335 g/mol. The molecule has 0 radical (unpaired) electrons. The molecule has 3 rings (SSSR count). The zero-order chi connectivity index (χ0) is 17.8. The minimum absolute atomic E-state index is 0.368. The number of aromatic nitrogens is 1. The molecule has 2 aromatic carbocycles. The van der Waals surface area contributed by atoms with Crippen LogP contribution in [0, 0.1) is 5.92 Å². The number of nitrogens with zero attached hydrogens (tertiary/aromatic N) is 1. The van der Waals surface area contributed by atoms with E-state index in [9.17, 15) is 4.79 Å². The molecule has 0 spiro atoms. The van der Waals surface area contributed by atoms with Crippen molar-refractivity contribution in [2.45, 2.75) is 13.8 Å². The summed E-state index contributed by atoms with van der Waals surface area (Å²) < 4.78 is 10.7. The topological polar surface area (TPSA) is 48.4 Å². The lowest BCUT2D eigenvalue weighted by Crippen LogP contribution is -2.05. The lowest BCUT2D eigenvalue weighted by atomic mass is 10.0. The molecule has 0 aliphatic carbocycles. The van der Waals surface area contributed by atoms with Crippen molar-refractivity contribution < 1.29 is 14.3 Å². The predicted molar refractivity (Wildman–Crippen MR) is 98.9 cm³/mol. The van der Waals surface area contributed by atoms with Crippen LogP contribution in [0.3, 0.4) is 0 Å². The van der Waals surface area contributed by atoms with Crippen LogP contribution in [0.15, 0.2) is 54.6 Å². The first-order valence-electron chi connectivity index (χ1n) is 8.30. The Morgan fingerprint density at radius 3 is 2.64 bits per heavy atom. The van der Waals surface area contributed by atoms with E-state index in [1.54, 1.807) is 6.07 Å². The highest BCUT2D eigenvalue weighted by Gasteiger charge is 2.14. The van der Waals surface area contributed by atoms with Gasteiger partial charge in [0.15, 0.2) is 0 Å². The van der Waals surface area contributed by atoms with E-state index >= 15 is 0 Å². The van der Waals surface area contributed by atoms with E-state index in [-0.39, 0.29) is 5.97 Å². The third-order valence-corrected chi connectivity index (χ3v) is 3.83. The molecular weight excluding hydrogens is 314 g/mol. The zero-order valence-electron chi connectivity index (χ0n) is 14.7. The number of methoxy groups -OCH3 is 1. The molecule has 1 heterocycles. The molecule has 4 nitrogen and oxygen atoms in total. The first-order valence-corrected chi connectivity index (χ1v) is 8.30. The van der Waals surface area contributed by atoms with Gasteiger partial charge in [-0.3, -0.25) is 0 Å². The molecule has 0 aliphatic heterocycles. The lowest BCUT2D eigenvalue weighted by molar-refractivity contribution is 0.0603. The summed E-state index contributed by atoms with van der Waals surface area (Å²) in [5.74, 6) is 0.876. The molecule has 25 heavy (non-hydrogen) atoms. The van der Waals surface area contributed by atoms with Crippen LogP contribution in [0.1, 0.15) is 24.2 Å². The predicted octanol–water partition coefficient (Wildman–Crippen LogP) is 4.72. The smallest absolute Gasteiger partial charge is 0.338 e. The van der Waals surface area contributed by atoms with E-state index in [4.69, 9.17) is 14.5 Å². The molecule has 0 aliphatic rings. The molecule has 0 fully saturated rings. The number of esters is 1. The van der Waals surface area contributed by atoms with Crippen LogP contribution in [0.25, 0.3) is 22.2 Å². The molecule has 0 N–H and O–H groups in total. The third-order valence-electron chi connectivity index (χ3n) is 3.83. The number of hydrogen-bond donors (Lipinski definition) is 0. The van der Waals surface area contributed by atoms with Gasteiger partial charge >= 0.3 is 5.97 Å². The van der Waals surface area contributed by atoms with E-state index in [1.807, 2.05) is 48.5 Å². The van der Waals surface area contributed by atoms with Gasteiger partial charge in [0, 0.05) is 10.9 Å². The van der Waals surface area contributed by atoms with Crippen LogP contribution < -0.4 is 4.74 Å². The Hall–Kier alpha value is -2.88. The first kappa shape index (κ1) is 17.0. The van der Waals surface area contributed by atoms with Crippen LogP contribution in [-0.4, -0.2) is 24.7 Å². The number of fused-ring (bicyclic) bond motifs is 1. The number of carbonyl (C=O) groups is 1. The monoisotopic (exact) mass is 335 g/mol. The summed E-state index contributed by atoms with van der Waals surface area (Å²) >= 11 is 0. The second kappa shape index (κ2) is 7.34. The van der Waals surface area contributed by atoms with Crippen LogP contribution in [0.2, 0.25) is 0 Å². The summed E-state index contributed by atoms with van der Waals surface area (Å²) in [6.45, 7) is 4.87. The highest BCUT2D eigenvalue weighted by atomic mass is 16.5. The van der Waals surface area contributed by atoms with E-state index in [0.717, 1.165) is 22.2 Å². The second-order valence-electron chi connectivity index (χ2n) is 6.30. The van der Waals surface area contributed by atoms with Crippen molar-refractivity contribution >= 4 is 16.9 Å². The summed E-state index contributed by atoms with van der Waals surface area (Å²) in [7, 11) is 1.39. The van der Waals surface area contributed by atoms with Gasteiger partial charge in [0.2, 0.25) is 0 Å². The van der Waals surface area contributed by atoms with Crippen molar-refractivity contribution in [3.8, 4) is 17.0 Å². The molecule has 4 heteroatoms. The lowest BCUT2D eigenvalue weighted by Gasteiger charge is -2.11. The molecule has 0 amide bonds. The van der Waals surface area contributed by atoms with E-state index in [2.05, 4.69) is 13.8 Å². The molecular formula is C21H21NO3. The van der Waals surface area contributed by atoms with Gasteiger partial charge in [-0.05, 0) is 30.2 Å². The maximum Gasteiger partial charge on any atom is 0.338 e. The first-order chi connectivity index (χ1) is 12.1.